The molecule has 7 heteroatoms. The normalized spacial score (nSPS) is 11.2. The molecule has 0 spiro atoms. The first-order valence-corrected chi connectivity index (χ1v) is 7.75. The summed E-state index contributed by atoms with van der Waals surface area (Å²) in [6.07, 6.45) is -0.227. The zero-order valence-electron chi connectivity index (χ0n) is 9.84. The number of carboxylic acids is 1. The lowest BCUT2D eigenvalue weighted by atomic mass is 10.3. The molecule has 0 aromatic heterocycles. The van der Waals surface area contributed by atoms with E-state index in [-0.39, 0.29) is 18.7 Å². The Bertz CT molecular complexity index is 512. The number of halogens is 1. The van der Waals surface area contributed by atoms with Gasteiger partial charge >= 0.3 is 5.97 Å². The van der Waals surface area contributed by atoms with Gasteiger partial charge in [0.15, 0.2) is 0 Å². The van der Waals surface area contributed by atoms with E-state index in [1.807, 2.05) is 0 Å². The van der Waals surface area contributed by atoms with Gasteiger partial charge in [0.1, 0.15) is 0 Å². The minimum atomic E-state index is -3.47. The zero-order valence-corrected chi connectivity index (χ0v) is 12.2. The maximum absolute atomic E-state index is 11.9. The number of carbonyl (C=O) groups is 1. The third-order valence-electron chi connectivity index (χ3n) is 2.34. The van der Waals surface area contributed by atoms with E-state index < -0.39 is 16.0 Å². The van der Waals surface area contributed by atoms with Crippen LogP contribution in [0.2, 0.25) is 0 Å². The third-order valence-corrected chi connectivity index (χ3v) is 4.67. The highest BCUT2D eigenvalue weighted by Crippen LogP contribution is 2.21. The van der Waals surface area contributed by atoms with Crippen LogP contribution in [0.1, 0.15) is 13.3 Å². The van der Waals surface area contributed by atoms with Gasteiger partial charge in [0, 0.05) is 11.0 Å². The van der Waals surface area contributed by atoms with Gasteiger partial charge in [-0.2, -0.15) is 0 Å². The van der Waals surface area contributed by atoms with Gasteiger partial charge in [-0.1, -0.05) is 15.9 Å². The van der Waals surface area contributed by atoms with Crippen molar-refractivity contribution in [2.75, 3.05) is 16.6 Å². The Morgan fingerprint density at radius 3 is 2.33 bits per heavy atom. The van der Waals surface area contributed by atoms with E-state index in [1.165, 1.54) is 6.92 Å². The SMILES string of the molecule is CCS(=O)(=O)N(CCC(=O)O)c1ccc(Br)cc1. The number of benzene rings is 1. The molecule has 0 fully saturated rings. The Labute approximate surface area is 115 Å². The molecular formula is C11H14BrNO4S. The summed E-state index contributed by atoms with van der Waals surface area (Å²) in [5.74, 6) is -1.09. The van der Waals surface area contributed by atoms with Gasteiger partial charge in [-0.15, -0.1) is 0 Å². The van der Waals surface area contributed by atoms with Crippen molar-refractivity contribution in [3.8, 4) is 0 Å². The van der Waals surface area contributed by atoms with Gasteiger partial charge in [0.2, 0.25) is 10.0 Å². The van der Waals surface area contributed by atoms with E-state index in [0.717, 1.165) is 8.78 Å². The molecule has 0 aliphatic rings. The third kappa shape index (κ3) is 3.99. The zero-order chi connectivity index (χ0) is 13.8. The van der Waals surface area contributed by atoms with E-state index >= 15 is 0 Å². The van der Waals surface area contributed by atoms with E-state index in [4.69, 9.17) is 5.11 Å². The minimum absolute atomic E-state index is 0.0624. The predicted octanol–water partition coefficient (Wildman–Crippen LogP) is 2.08. The molecule has 0 atom stereocenters. The van der Waals surface area contributed by atoms with Gasteiger partial charge in [-0.05, 0) is 31.2 Å². The van der Waals surface area contributed by atoms with Crippen LogP contribution in [-0.2, 0) is 14.8 Å². The number of hydrogen-bond donors (Lipinski definition) is 1. The fourth-order valence-electron chi connectivity index (χ4n) is 1.39. The van der Waals surface area contributed by atoms with Crippen molar-refractivity contribution < 1.29 is 18.3 Å². The minimum Gasteiger partial charge on any atom is -0.481 e. The maximum atomic E-state index is 11.9. The van der Waals surface area contributed by atoms with Crippen molar-refractivity contribution >= 4 is 37.6 Å². The first-order valence-electron chi connectivity index (χ1n) is 5.34. The van der Waals surface area contributed by atoms with Crippen LogP contribution < -0.4 is 4.31 Å². The smallest absolute Gasteiger partial charge is 0.305 e. The number of rotatable bonds is 6. The van der Waals surface area contributed by atoms with Crippen LogP contribution in [-0.4, -0.2) is 31.8 Å². The number of nitrogens with zero attached hydrogens (tertiary/aromatic N) is 1. The fourth-order valence-corrected chi connectivity index (χ4v) is 2.78. The van der Waals surface area contributed by atoms with Gasteiger partial charge in [0.25, 0.3) is 0 Å². The van der Waals surface area contributed by atoms with Crippen molar-refractivity contribution in [2.45, 2.75) is 13.3 Å². The molecule has 0 bridgehead atoms. The summed E-state index contributed by atoms with van der Waals surface area (Å²) in [5.41, 5.74) is 0.473. The summed E-state index contributed by atoms with van der Waals surface area (Å²) < 4.78 is 25.8. The molecule has 0 radical (unpaired) electrons. The average molecular weight is 336 g/mol. The Morgan fingerprint density at radius 2 is 1.89 bits per heavy atom. The van der Waals surface area contributed by atoms with E-state index in [1.54, 1.807) is 24.3 Å². The highest BCUT2D eigenvalue weighted by molar-refractivity contribution is 9.10. The van der Waals surface area contributed by atoms with Crippen LogP contribution in [0.5, 0.6) is 0 Å². The van der Waals surface area contributed by atoms with Gasteiger partial charge in [0.05, 0.1) is 17.9 Å². The van der Waals surface area contributed by atoms with E-state index in [0.29, 0.717) is 5.69 Å². The van der Waals surface area contributed by atoms with Crippen molar-refractivity contribution in [3.63, 3.8) is 0 Å². The number of hydrogen-bond acceptors (Lipinski definition) is 3. The fraction of sp³-hybridized carbons (Fsp3) is 0.364. The molecule has 0 heterocycles. The van der Waals surface area contributed by atoms with Crippen molar-refractivity contribution in [2.24, 2.45) is 0 Å². The molecule has 0 aliphatic carbocycles. The quantitative estimate of drug-likeness (QED) is 0.863. The predicted molar refractivity (Wildman–Crippen MR) is 73.2 cm³/mol. The first kappa shape index (κ1) is 15.0. The van der Waals surface area contributed by atoms with Gasteiger partial charge < -0.3 is 5.11 Å². The summed E-state index contributed by atoms with van der Waals surface area (Å²) in [6.45, 7) is 1.47. The summed E-state index contributed by atoms with van der Waals surface area (Å²) >= 11 is 3.26. The Balaban J connectivity index is 3.04. The first-order chi connectivity index (χ1) is 8.36. The Hall–Kier alpha value is -1.08. The van der Waals surface area contributed by atoms with Crippen LogP contribution in [0.4, 0.5) is 5.69 Å². The molecular weight excluding hydrogens is 322 g/mol. The number of carboxylic acid groups (broad SMARTS) is 1. The molecule has 1 N–H and O–H groups in total. The molecule has 0 unspecified atom stereocenters. The lowest BCUT2D eigenvalue weighted by Gasteiger charge is -2.23. The highest BCUT2D eigenvalue weighted by Gasteiger charge is 2.21. The maximum Gasteiger partial charge on any atom is 0.305 e. The van der Waals surface area contributed by atoms with Crippen LogP contribution in [0.15, 0.2) is 28.7 Å². The highest BCUT2D eigenvalue weighted by atomic mass is 79.9. The molecule has 0 amide bonds. The molecule has 0 saturated carbocycles. The molecule has 0 aliphatic heterocycles. The summed E-state index contributed by atoms with van der Waals surface area (Å²) in [7, 11) is -3.47. The lowest BCUT2D eigenvalue weighted by molar-refractivity contribution is -0.136. The van der Waals surface area contributed by atoms with Crippen molar-refractivity contribution in [3.05, 3.63) is 28.7 Å². The molecule has 1 rings (SSSR count). The molecule has 1 aromatic rings. The van der Waals surface area contributed by atoms with Crippen LogP contribution in [0, 0.1) is 0 Å². The van der Waals surface area contributed by atoms with Crippen molar-refractivity contribution in [1.82, 2.24) is 0 Å². The summed E-state index contributed by atoms with van der Waals surface area (Å²) in [6, 6.07) is 6.71. The Morgan fingerprint density at radius 1 is 1.33 bits per heavy atom. The molecule has 1 aromatic carbocycles. The lowest BCUT2D eigenvalue weighted by Crippen LogP contribution is -2.34. The molecule has 0 saturated heterocycles. The van der Waals surface area contributed by atoms with E-state index in [9.17, 15) is 13.2 Å². The second-order valence-corrected chi connectivity index (χ2v) is 6.69. The monoisotopic (exact) mass is 335 g/mol. The average Bonchev–Trinajstić information content (AvgIpc) is 2.31. The number of sulfonamides is 1. The topological polar surface area (TPSA) is 74.7 Å². The second-order valence-electron chi connectivity index (χ2n) is 3.59. The van der Waals surface area contributed by atoms with E-state index in [2.05, 4.69) is 15.9 Å². The molecule has 100 valence electrons. The van der Waals surface area contributed by atoms with Crippen LogP contribution in [0.25, 0.3) is 0 Å². The summed E-state index contributed by atoms with van der Waals surface area (Å²) in [5, 5.41) is 8.66. The summed E-state index contributed by atoms with van der Waals surface area (Å²) in [4.78, 5) is 10.6. The van der Waals surface area contributed by atoms with Crippen LogP contribution >= 0.6 is 15.9 Å². The largest absolute Gasteiger partial charge is 0.481 e. The number of anilines is 1. The second kappa shape index (κ2) is 6.19. The number of aliphatic carboxylic acids is 1. The molecule has 18 heavy (non-hydrogen) atoms. The van der Waals surface area contributed by atoms with Gasteiger partial charge in [-0.3, -0.25) is 9.10 Å². The molecule has 5 nitrogen and oxygen atoms in total. The van der Waals surface area contributed by atoms with Crippen LogP contribution in [0.3, 0.4) is 0 Å². The van der Waals surface area contributed by atoms with Gasteiger partial charge in [-0.25, -0.2) is 8.42 Å². The Kier molecular flexibility index (Phi) is 5.15. The van der Waals surface area contributed by atoms with Crippen molar-refractivity contribution in [1.29, 1.82) is 0 Å². The standard InChI is InChI=1S/C11H14BrNO4S/c1-2-18(16,17)13(8-7-11(14)15)10-5-3-9(12)4-6-10/h3-6H,2,7-8H2,1H3,(H,14,15).